The zero-order valence-electron chi connectivity index (χ0n) is 13.5. The molecule has 10 nitrogen and oxygen atoms in total. The van der Waals surface area contributed by atoms with Gasteiger partial charge in [0.25, 0.3) is 5.56 Å². The van der Waals surface area contributed by atoms with Gasteiger partial charge in [-0.3, -0.25) is 9.89 Å². The first kappa shape index (κ1) is 16.4. The van der Waals surface area contributed by atoms with E-state index >= 15 is 0 Å². The molecule has 0 aliphatic heterocycles. The third-order valence-electron chi connectivity index (χ3n) is 4.23. The molecular weight excluding hydrogens is 358 g/mol. The first-order valence-electron chi connectivity index (χ1n) is 7.81. The lowest BCUT2D eigenvalue weighted by Crippen LogP contribution is -2.20. The predicted octanol–water partition coefficient (Wildman–Crippen LogP) is 1.16. The lowest BCUT2D eigenvalue weighted by molar-refractivity contribution is 0.598. The normalized spacial score (nSPS) is 14.3. The van der Waals surface area contributed by atoms with Crippen LogP contribution in [0.5, 0.6) is 0 Å². The summed E-state index contributed by atoms with van der Waals surface area (Å²) in [4.78, 5) is 17.0. The van der Waals surface area contributed by atoms with Gasteiger partial charge in [0.15, 0.2) is 11.3 Å². The van der Waals surface area contributed by atoms with Gasteiger partial charge in [-0.15, -0.1) is 5.11 Å². The molecule has 0 radical (unpaired) electrons. The average Bonchev–Trinajstić information content (AvgIpc) is 3.18. The number of nitrogens with one attached hydrogen (secondary N) is 1. The number of aryl methyl sites for hydroxylation is 1. The minimum absolute atomic E-state index is 0.0214. The highest BCUT2D eigenvalue weighted by Crippen LogP contribution is 2.29. The van der Waals surface area contributed by atoms with Crippen molar-refractivity contribution >= 4 is 32.9 Å². The Labute approximate surface area is 147 Å². The molecule has 0 saturated heterocycles. The summed E-state index contributed by atoms with van der Waals surface area (Å²) in [7, 11) is -3.77. The van der Waals surface area contributed by atoms with E-state index in [1.54, 1.807) is 0 Å². The number of sulfonamides is 1. The van der Waals surface area contributed by atoms with Gasteiger partial charge in [0.1, 0.15) is 5.82 Å². The van der Waals surface area contributed by atoms with Crippen LogP contribution in [0.2, 0.25) is 0 Å². The number of aromatic amines is 1. The van der Waals surface area contributed by atoms with Crippen LogP contribution >= 0.6 is 0 Å². The summed E-state index contributed by atoms with van der Waals surface area (Å²) in [6.07, 6.45) is 2.35. The van der Waals surface area contributed by atoms with Crippen LogP contribution in [0.4, 0.5) is 17.2 Å². The number of primary sulfonamides is 1. The van der Waals surface area contributed by atoms with Gasteiger partial charge in [0.05, 0.1) is 16.3 Å². The van der Waals surface area contributed by atoms with Crippen LogP contribution in [-0.2, 0) is 22.9 Å². The fraction of sp³-hybridized carbons (Fsp3) is 0.200. The van der Waals surface area contributed by atoms with Crippen molar-refractivity contribution in [3.05, 3.63) is 45.9 Å². The number of nitrogens with two attached hydrogens (primary N) is 2. The lowest BCUT2D eigenvalue weighted by Gasteiger charge is -1.99. The molecule has 4 rings (SSSR count). The number of H-pyrrole nitrogens is 1. The molecule has 0 amide bonds. The number of nitrogen functional groups attached to an aromatic ring is 1. The van der Waals surface area contributed by atoms with Crippen molar-refractivity contribution in [3.63, 3.8) is 0 Å². The Bertz CT molecular complexity index is 1210. The van der Waals surface area contributed by atoms with E-state index in [0.29, 0.717) is 23.3 Å². The molecule has 0 atom stereocenters. The maximum Gasteiger partial charge on any atom is 0.276 e. The van der Waals surface area contributed by atoms with Crippen LogP contribution in [0.25, 0.3) is 5.65 Å². The Morgan fingerprint density at radius 1 is 1.15 bits per heavy atom. The maximum absolute atomic E-state index is 12.5. The van der Waals surface area contributed by atoms with E-state index < -0.39 is 10.0 Å². The summed E-state index contributed by atoms with van der Waals surface area (Å²) in [5, 5.41) is 15.9. The first-order chi connectivity index (χ1) is 12.3. The van der Waals surface area contributed by atoms with Gasteiger partial charge in [-0.05, 0) is 43.5 Å². The molecule has 2 aromatic heterocycles. The Morgan fingerprint density at radius 2 is 1.88 bits per heavy atom. The number of hydrogen-bond acceptors (Lipinski definition) is 7. The van der Waals surface area contributed by atoms with Crippen LogP contribution in [-0.4, -0.2) is 23.0 Å². The fourth-order valence-corrected chi connectivity index (χ4v) is 3.47. The van der Waals surface area contributed by atoms with E-state index in [9.17, 15) is 13.2 Å². The quantitative estimate of drug-likeness (QED) is 0.586. The molecule has 0 saturated carbocycles. The SMILES string of the molecule is Nc1[nH]n2c(=O)c3c(nc2c1N=Nc1ccc(S(N)(=O)=O)cc1)CCC3. The minimum Gasteiger partial charge on any atom is -0.382 e. The molecule has 134 valence electrons. The van der Waals surface area contributed by atoms with Crippen LogP contribution in [0.1, 0.15) is 17.7 Å². The summed E-state index contributed by atoms with van der Waals surface area (Å²) >= 11 is 0. The molecule has 3 aromatic rings. The Balaban J connectivity index is 1.76. The van der Waals surface area contributed by atoms with Crippen molar-refractivity contribution in [1.82, 2.24) is 14.6 Å². The monoisotopic (exact) mass is 373 g/mol. The largest absolute Gasteiger partial charge is 0.382 e. The summed E-state index contributed by atoms with van der Waals surface area (Å²) in [5.74, 6) is 0.170. The first-order valence-corrected chi connectivity index (χ1v) is 9.36. The van der Waals surface area contributed by atoms with Crippen LogP contribution in [0, 0.1) is 0 Å². The number of nitrogens with zero attached hydrogens (tertiary/aromatic N) is 4. The van der Waals surface area contributed by atoms with Crippen LogP contribution in [0.15, 0.2) is 44.2 Å². The van der Waals surface area contributed by atoms with E-state index in [1.807, 2.05) is 0 Å². The Hall–Kier alpha value is -3.05. The number of fused-ring (bicyclic) bond motifs is 2. The molecule has 1 aromatic carbocycles. The van der Waals surface area contributed by atoms with Crippen molar-refractivity contribution in [2.24, 2.45) is 15.4 Å². The number of hydrogen-bond donors (Lipinski definition) is 3. The summed E-state index contributed by atoms with van der Waals surface area (Å²) in [6, 6.07) is 5.59. The zero-order chi connectivity index (χ0) is 18.5. The number of rotatable bonds is 3. The van der Waals surface area contributed by atoms with Gasteiger partial charge >= 0.3 is 0 Å². The van der Waals surface area contributed by atoms with Gasteiger partial charge in [0, 0.05) is 5.56 Å². The smallest absolute Gasteiger partial charge is 0.276 e. The molecule has 1 aliphatic carbocycles. The molecular formula is C15H15N7O3S. The van der Waals surface area contributed by atoms with Crippen LogP contribution < -0.4 is 16.4 Å². The molecule has 0 bridgehead atoms. The van der Waals surface area contributed by atoms with E-state index in [1.165, 1.54) is 28.8 Å². The highest BCUT2D eigenvalue weighted by molar-refractivity contribution is 7.89. The molecule has 0 spiro atoms. The number of aromatic nitrogens is 3. The molecule has 11 heteroatoms. The van der Waals surface area contributed by atoms with Gasteiger partial charge in [-0.25, -0.2) is 18.5 Å². The topological polar surface area (TPSA) is 161 Å². The van der Waals surface area contributed by atoms with E-state index in [-0.39, 0.29) is 22.0 Å². The second-order valence-electron chi connectivity index (χ2n) is 5.97. The second-order valence-corrected chi connectivity index (χ2v) is 7.53. The maximum atomic E-state index is 12.5. The van der Waals surface area contributed by atoms with Crippen molar-refractivity contribution in [1.29, 1.82) is 0 Å². The summed E-state index contributed by atoms with van der Waals surface area (Å²) in [5.41, 5.74) is 8.19. The Kier molecular flexibility index (Phi) is 3.63. The molecule has 0 unspecified atom stereocenters. The molecule has 26 heavy (non-hydrogen) atoms. The second kappa shape index (κ2) is 5.75. The van der Waals surface area contributed by atoms with Crippen LogP contribution in [0.3, 0.4) is 0 Å². The van der Waals surface area contributed by atoms with Crippen molar-refractivity contribution < 1.29 is 8.42 Å². The van der Waals surface area contributed by atoms with E-state index in [4.69, 9.17) is 10.9 Å². The average molecular weight is 373 g/mol. The van der Waals surface area contributed by atoms with Crippen molar-refractivity contribution in [2.45, 2.75) is 24.2 Å². The van der Waals surface area contributed by atoms with Gasteiger partial charge in [-0.2, -0.15) is 9.63 Å². The Morgan fingerprint density at radius 3 is 2.58 bits per heavy atom. The third kappa shape index (κ3) is 2.66. The number of benzene rings is 1. The van der Waals surface area contributed by atoms with E-state index in [0.717, 1.165) is 18.5 Å². The van der Waals surface area contributed by atoms with Crippen molar-refractivity contribution in [2.75, 3.05) is 5.73 Å². The molecule has 1 aliphatic rings. The number of anilines is 1. The molecule has 2 heterocycles. The third-order valence-corrected chi connectivity index (χ3v) is 5.16. The lowest BCUT2D eigenvalue weighted by atomic mass is 10.2. The summed E-state index contributed by atoms with van der Waals surface area (Å²) < 4.78 is 23.8. The van der Waals surface area contributed by atoms with Gasteiger partial charge < -0.3 is 5.73 Å². The highest BCUT2D eigenvalue weighted by atomic mass is 32.2. The summed E-state index contributed by atoms with van der Waals surface area (Å²) in [6.45, 7) is 0. The minimum atomic E-state index is -3.77. The van der Waals surface area contributed by atoms with Gasteiger partial charge in [0.2, 0.25) is 10.0 Å². The fourth-order valence-electron chi connectivity index (χ4n) is 2.96. The van der Waals surface area contributed by atoms with E-state index in [2.05, 4.69) is 20.3 Å². The van der Waals surface area contributed by atoms with Gasteiger partial charge in [-0.1, -0.05) is 0 Å². The molecule has 0 fully saturated rings. The molecule has 5 N–H and O–H groups in total. The number of azo groups is 1. The standard InChI is InChI=1S/C15H15N7O3S/c16-13-12(20-19-8-4-6-9(7-5-8)26(17,24)25)14-18-11-3-1-2-10(11)15(23)22(14)21-13/h4-7,21H,1-3,16H2,(H2,17,24,25). The van der Waals surface area contributed by atoms with Crippen molar-refractivity contribution in [3.8, 4) is 0 Å². The zero-order valence-corrected chi connectivity index (χ0v) is 14.3. The predicted molar refractivity (Wildman–Crippen MR) is 94.2 cm³/mol. The highest BCUT2D eigenvalue weighted by Gasteiger charge is 2.21.